The summed E-state index contributed by atoms with van der Waals surface area (Å²) >= 11 is 0. The van der Waals surface area contributed by atoms with E-state index in [-0.39, 0.29) is 5.82 Å². The summed E-state index contributed by atoms with van der Waals surface area (Å²) in [4.78, 5) is 7.84. The number of aromatic nitrogens is 2. The summed E-state index contributed by atoms with van der Waals surface area (Å²) in [6, 6.07) is 6.02. The Labute approximate surface area is 86.6 Å². The predicted octanol–water partition coefficient (Wildman–Crippen LogP) is 2.29. The number of methoxy groups -OCH3 is 1. The Morgan fingerprint density at radius 3 is 2.80 bits per heavy atom. The van der Waals surface area contributed by atoms with E-state index >= 15 is 0 Å². The van der Waals surface area contributed by atoms with Crippen LogP contribution < -0.4 is 4.74 Å². The highest BCUT2D eigenvalue weighted by Gasteiger charge is 2.07. The normalized spacial score (nSPS) is 10.0. The van der Waals surface area contributed by atoms with E-state index < -0.39 is 0 Å². The van der Waals surface area contributed by atoms with Crippen LogP contribution in [0.15, 0.2) is 36.8 Å². The molecule has 1 aromatic carbocycles. The average Bonchev–Trinajstić information content (AvgIpc) is 2.30. The van der Waals surface area contributed by atoms with Crippen LogP contribution in [0.2, 0.25) is 0 Å². The van der Waals surface area contributed by atoms with Gasteiger partial charge in [0.05, 0.1) is 12.8 Å². The summed E-state index contributed by atoms with van der Waals surface area (Å²) in [5, 5.41) is 0. The molecule has 2 rings (SSSR count). The van der Waals surface area contributed by atoms with Crippen molar-refractivity contribution in [1.82, 2.24) is 9.97 Å². The molecule has 15 heavy (non-hydrogen) atoms. The molecule has 1 heterocycles. The highest BCUT2D eigenvalue weighted by Crippen LogP contribution is 2.28. The first-order chi connectivity index (χ1) is 7.31. The minimum atomic E-state index is -0.315. The van der Waals surface area contributed by atoms with E-state index in [4.69, 9.17) is 4.74 Å². The van der Waals surface area contributed by atoms with E-state index in [1.165, 1.54) is 25.6 Å². The van der Waals surface area contributed by atoms with Crippen molar-refractivity contribution in [3.8, 4) is 17.0 Å². The molecule has 76 valence electrons. The van der Waals surface area contributed by atoms with Crippen molar-refractivity contribution in [3.63, 3.8) is 0 Å². The molecule has 0 aliphatic heterocycles. The highest BCUT2D eigenvalue weighted by molar-refractivity contribution is 5.66. The first-order valence-electron chi connectivity index (χ1n) is 4.41. The van der Waals surface area contributed by atoms with Crippen molar-refractivity contribution in [2.75, 3.05) is 7.11 Å². The van der Waals surface area contributed by atoms with E-state index in [1.54, 1.807) is 18.3 Å². The van der Waals surface area contributed by atoms with Gasteiger partial charge in [0.15, 0.2) is 0 Å². The summed E-state index contributed by atoms with van der Waals surface area (Å²) in [6.45, 7) is 0. The van der Waals surface area contributed by atoms with Gasteiger partial charge in [-0.1, -0.05) is 0 Å². The Hall–Kier alpha value is -1.97. The summed E-state index contributed by atoms with van der Waals surface area (Å²) in [6.07, 6.45) is 3.02. The summed E-state index contributed by atoms with van der Waals surface area (Å²) in [5.74, 6) is 0.277. The van der Waals surface area contributed by atoms with Crippen molar-refractivity contribution in [2.45, 2.75) is 0 Å². The molecule has 1 aromatic heterocycles. The lowest BCUT2D eigenvalue weighted by Crippen LogP contribution is -1.91. The average molecular weight is 204 g/mol. The van der Waals surface area contributed by atoms with Crippen molar-refractivity contribution in [3.05, 3.63) is 42.6 Å². The Morgan fingerprint density at radius 2 is 2.13 bits per heavy atom. The van der Waals surface area contributed by atoms with Crippen molar-refractivity contribution in [2.24, 2.45) is 0 Å². The maximum absolute atomic E-state index is 13.1. The second-order valence-electron chi connectivity index (χ2n) is 2.94. The fourth-order valence-electron chi connectivity index (χ4n) is 1.33. The zero-order valence-corrected chi connectivity index (χ0v) is 8.14. The Bertz CT molecular complexity index is 459. The Balaban J connectivity index is 2.56. The summed E-state index contributed by atoms with van der Waals surface area (Å²) in [7, 11) is 1.54. The van der Waals surface area contributed by atoms with Gasteiger partial charge in [-0.15, -0.1) is 0 Å². The molecule has 4 heteroatoms. The molecule has 0 saturated heterocycles. The van der Waals surface area contributed by atoms with E-state index in [0.29, 0.717) is 17.0 Å². The van der Waals surface area contributed by atoms with Crippen LogP contribution in [0, 0.1) is 5.82 Å². The van der Waals surface area contributed by atoms with Crippen molar-refractivity contribution < 1.29 is 9.13 Å². The van der Waals surface area contributed by atoms with Crippen LogP contribution in [0.5, 0.6) is 5.75 Å². The molecule has 0 atom stereocenters. The summed E-state index contributed by atoms with van der Waals surface area (Å²) in [5.41, 5.74) is 1.27. The molecule has 2 aromatic rings. The SMILES string of the molecule is COc1ccc(F)cc1-c1ccncn1. The molecule has 0 N–H and O–H groups in total. The third kappa shape index (κ3) is 1.93. The monoisotopic (exact) mass is 204 g/mol. The highest BCUT2D eigenvalue weighted by atomic mass is 19.1. The van der Waals surface area contributed by atoms with Crippen molar-refractivity contribution >= 4 is 0 Å². The smallest absolute Gasteiger partial charge is 0.128 e. The van der Waals surface area contributed by atoms with Crippen LogP contribution in [0.25, 0.3) is 11.3 Å². The lowest BCUT2D eigenvalue weighted by atomic mass is 10.1. The van der Waals surface area contributed by atoms with E-state index in [2.05, 4.69) is 9.97 Å². The van der Waals surface area contributed by atoms with E-state index in [1.807, 2.05) is 0 Å². The lowest BCUT2D eigenvalue weighted by Gasteiger charge is -2.07. The number of ether oxygens (including phenoxy) is 1. The number of rotatable bonds is 2. The van der Waals surface area contributed by atoms with Crippen LogP contribution in [-0.2, 0) is 0 Å². The Kier molecular flexibility index (Phi) is 2.58. The van der Waals surface area contributed by atoms with Gasteiger partial charge in [-0.2, -0.15) is 0 Å². The minimum absolute atomic E-state index is 0.315. The van der Waals surface area contributed by atoms with Gasteiger partial charge in [0.2, 0.25) is 0 Å². The van der Waals surface area contributed by atoms with E-state index in [0.717, 1.165) is 0 Å². The topological polar surface area (TPSA) is 35.0 Å². The number of benzene rings is 1. The zero-order valence-electron chi connectivity index (χ0n) is 8.14. The third-order valence-electron chi connectivity index (χ3n) is 2.02. The maximum atomic E-state index is 13.1. The molecule has 0 radical (unpaired) electrons. The quantitative estimate of drug-likeness (QED) is 0.752. The lowest BCUT2D eigenvalue weighted by molar-refractivity contribution is 0.415. The first-order valence-corrected chi connectivity index (χ1v) is 4.41. The van der Waals surface area contributed by atoms with Crippen LogP contribution >= 0.6 is 0 Å². The van der Waals surface area contributed by atoms with Gasteiger partial charge < -0.3 is 4.74 Å². The number of hydrogen-bond acceptors (Lipinski definition) is 3. The molecule has 0 amide bonds. The molecule has 0 saturated carbocycles. The number of halogens is 1. The van der Waals surface area contributed by atoms with Gasteiger partial charge in [-0.3, -0.25) is 0 Å². The van der Waals surface area contributed by atoms with Crippen LogP contribution in [0.4, 0.5) is 4.39 Å². The van der Waals surface area contributed by atoms with Gasteiger partial charge in [-0.25, -0.2) is 14.4 Å². The third-order valence-corrected chi connectivity index (χ3v) is 2.02. The maximum Gasteiger partial charge on any atom is 0.128 e. The first kappa shape index (κ1) is 9.58. The number of nitrogens with zero attached hydrogens (tertiary/aromatic N) is 2. The summed E-state index contributed by atoms with van der Waals surface area (Å²) < 4.78 is 18.2. The standard InChI is InChI=1S/C11H9FN2O/c1-15-11-3-2-8(12)6-9(11)10-4-5-13-7-14-10/h2-7H,1H3. The van der Waals surface area contributed by atoms with Gasteiger partial charge in [0.25, 0.3) is 0 Å². The fourth-order valence-corrected chi connectivity index (χ4v) is 1.33. The molecular formula is C11H9FN2O. The molecular weight excluding hydrogens is 195 g/mol. The Morgan fingerprint density at radius 1 is 1.27 bits per heavy atom. The van der Waals surface area contributed by atoms with Gasteiger partial charge >= 0.3 is 0 Å². The molecule has 0 aliphatic rings. The van der Waals surface area contributed by atoms with Crippen LogP contribution in [-0.4, -0.2) is 17.1 Å². The second-order valence-corrected chi connectivity index (χ2v) is 2.94. The van der Waals surface area contributed by atoms with Crippen LogP contribution in [0.1, 0.15) is 0 Å². The molecule has 0 aliphatic carbocycles. The molecule has 0 unspecified atom stereocenters. The zero-order chi connectivity index (χ0) is 10.7. The van der Waals surface area contributed by atoms with E-state index in [9.17, 15) is 4.39 Å². The van der Waals surface area contributed by atoms with Crippen molar-refractivity contribution in [1.29, 1.82) is 0 Å². The predicted molar refractivity (Wildman–Crippen MR) is 54.0 cm³/mol. The number of hydrogen-bond donors (Lipinski definition) is 0. The van der Waals surface area contributed by atoms with Gasteiger partial charge in [0.1, 0.15) is 17.9 Å². The fraction of sp³-hybridized carbons (Fsp3) is 0.0909. The molecule has 0 bridgehead atoms. The molecule has 3 nitrogen and oxygen atoms in total. The molecule has 0 fully saturated rings. The van der Waals surface area contributed by atoms with Crippen LogP contribution in [0.3, 0.4) is 0 Å². The van der Waals surface area contributed by atoms with Gasteiger partial charge in [0, 0.05) is 11.8 Å². The minimum Gasteiger partial charge on any atom is -0.496 e. The van der Waals surface area contributed by atoms with Gasteiger partial charge in [-0.05, 0) is 24.3 Å². The largest absolute Gasteiger partial charge is 0.496 e. The second kappa shape index (κ2) is 4.04. The molecule has 0 spiro atoms.